The molecule has 0 aromatic carbocycles. The van der Waals surface area contributed by atoms with Crippen molar-refractivity contribution in [3.8, 4) is 0 Å². The molecular weight excluding hydrogens is 838 g/mol. The van der Waals surface area contributed by atoms with Gasteiger partial charge >= 0.3 is 23.5 Å². The van der Waals surface area contributed by atoms with Gasteiger partial charge in [-0.25, -0.2) is 33.0 Å². The van der Waals surface area contributed by atoms with Crippen LogP contribution in [0.15, 0.2) is 12.7 Å². The van der Waals surface area contributed by atoms with Crippen LogP contribution in [-0.2, 0) is 31.6 Å². The fourth-order valence-corrected chi connectivity index (χ4v) is 8.31. The highest BCUT2D eigenvalue weighted by Crippen LogP contribution is 2.66. The van der Waals surface area contributed by atoms with Crippen LogP contribution in [0.2, 0.25) is 0 Å². The van der Waals surface area contributed by atoms with E-state index < -0.39 is 54.7 Å². The van der Waals surface area contributed by atoms with Crippen molar-refractivity contribution in [3.05, 3.63) is 12.7 Å². The first-order valence-electron chi connectivity index (χ1n) is 20.2. The lowest BCUT2D eigenvalue weighted by molar-refractivity contribution is -0.0450. The lowest BCUT2D eigenvalue weighted by Gasteiger charge is -2.19. The SMILES string of the molecule is CCN(CC)CC.CCN(CC)CC.CCN(CC)CC.CCN(CC)CC.Nc1ncnc2c1ncn2[C@@H]1O[C@H](COP(=O)(O)OP(=O)(O)OP(=O)(O)O)[C@@H](O)[C@@H]1F. The molecule has 1 fully saturated rings. The molecule has 0 saturated carbocycles. The van der Waals surface area contributed by atoms with E-state index in [1.165, 1.54) is 78.5 Å². The number of nitrogens with zero attached hydrogens (tertiary/aromatic N) is 8. The lowest BCUT2D eigenvalue weighted by Crippen LogP contribution is -2.31. The van der Waals surface area contributed by atoms with Crippen LogP contribution in [0.3, 0.4) is 0 Å². The van der Waals surface area contributed by atoms with Gasteiger partial charge in [0.05, 0.1) is 12.9 Å². The third-order valence-electron chi connectivity index (χ3n) is 9.14. The summed E-state index contributed by atoms with van der Waals surface area (Å²) >= 11 is 0. The zero-order valence-corrected chi connectivity index (χ0v) is 39.8. The molecule has 21 nitrogen and oxygen atoms in total. The Kier molecular flexibility index (Phi) is 31.6. The number of aromatic nitrogens is 4. The number of phosphoric ester groups is 1. The van der Waals surface area contributed by atoms with Crippen molar-refractivity contribution in [2.75, 3.05) is 90.9 Å². The maximum atomic E-state index is 14.6. The van der Waals surface area contributed by atoms with Gasteiger partial charge in [-0.2, -0.15) is 8.62 Å². The van der Waals surface area contributed by atoms with E-state index in [1.807, 2.05) is 0 Å². The summed E-state index contributed by atoms with van der Waals surface area (Å²) < 4.78 is 66.1. The minimum absolute atomic E-state index is 0.00177. The third kappa shape index (κ3) is 24.0. The zero-order chi connectivity index (χ0) is 46.0. The fourth-order valence-electron chi connectivity index (χ4n) is 5.28. The molecule has 350 valence electrons. The lowest BCUT2D eigenvalue weighted by atomic mass is 10.1. The Bertz CT molecular complexity index is 1450. The van der Waals surface area contributed by atoms with Crippen molar-refractivity contribution in [3.63, 3.8) is 0 Å². The number of hydrogen-bond acceptors (Lipinski definition) is 16. The average Bonchev–Trinajstić information content (AvgIpc) is 3.73. The van der Waals surface area contributed by atoms with Gasteiger partial charge in [-0.15, -0.1) is 0 Å². The molecule has 0 spiro atoms. The number of alkyl halides is 1. The molecule has 1 aliphatic rings. The van der Waals surface area contributed by atoms with E-state index in [-0.39, 0.29) is 17.0 Å². The number of phosphoric acid groups is 3. The molecule has 1 saturated heterocycles. The zero-order valence-electron chi connectivity index (χ0n) is 37.1. The number of anilines is 1. The number of nitrogen functional groups attached to an aromatic ring is 1. The van der Waals surface area contributed by atoms with Gasteiger partial charge in [0.2, 0.25) is 0 Å². The number of imidazole rings is 1. The van der Waals surface area contributed by atoms with Gasteiger partial charge in [-0.05, 0) is 78.5 Å². The molecule has 2 aromatic rings. The minimum Gasteiger partial charge on any atom is -0.387 e. The Morgan fingerprint density at radius 1 is 0.678 bits per heavy atom. The second-order valence-electron chi connectivity index (χ2n) is 12.4. The van der Waals surface area contributed by atoms with E-state index in [0.717, 1.165) is 17.2 Å². The van der Waals surface area contributed by atoms with Crippen molar-refractivity contribution in [2.24, 2.45) is 0 Å². The quantitative estimate of drug-likeness (QED) is 0.0979. The normalized spacial score (nSPS) is 19.8. The van der Waals surface area contributed by atoms with Gasteiger partial charge in [-0.3, -0.25) is 9.09 Å². The first kappa shape index (κ1) is 59.5. The number of halogens is 1. The highest BCUT2D eigenvalue weighted by atomic mass is 31.3. The third-order valence-corrected chi connectivity index (χ3v) is 12.9. The summed E-state index contributed by atoms with van der Waals surface area (Å²) in [6, 6.07) is 0. The predicted octanol–water partition coefficient (Wildman–Crippen LogP) is 4.74. The molecular formula is C34H75FN9O12P3. The topological polar surface area (TPSA) is 272 Å². The summed E-state index contributed by atoms with van der Waals surface area (Å²) in [6.45, 7) is 39.5. The summed E-state index contributed by atoms with van der Waals surface area (Å²) in [7, 11) is -16.8. The van der Waals surface area contributed by atoms with Crippen LogP contribution in [0.5, 0.6) is 0 Å². The first-order valence-corrected chi connectivity index (χ1v) is 24.7. The van der Waals surface area contributed by atoms with Crippen LogP contribution >= 0.6 is 23.5 Å². The Balaban J connectivity index is 0. The van der Waals surface area contributed by atoms with Gasteiger partial charge in [0.25, 0.3) is 0 Å². The van der Waals surface area contributed by atoms with Crippen LogP contribution < -0.4 is 5.73 Å². The number of aliphatic hydroxyl groups is 1. The van der Waals surface area contributed by atoms with Gasteiger partial charge < -0.3 is 54.8 Å². The van der Waals surface area contributed by atoms with Crippen molar-refractivity contribution in [1.29, 1.82) is 0 Å². The average molecular weight is 914 g/mol. The second-order valence-corrected chi connectivity index (χ2v) is 16.9. The molecule has 25 heteroatoms. The Morgan fingerprint density at radius 2 is 1.07 bits per heavy atom. The molecule has 0 amide bonds. The van der Waals surface area contributed by atoms with Crippen molar-refractivity contribution < 1.29 is 60.6 Å². The number of ether oxygens (including phenoxy) is 1. The van der Waals surface area contributed by atoms with E-state index in [1.54, 1.807) is 0 Å². The maximum Gasteiger partial charge on any atom is 0.490 e. The standard InChI is InChI=1S/C10H15FN5O12P3.4C6H15N/c11-5-7(17)4(1-25-30(21,22)28-31(23,24)27-29(18,19)20)26-10(5)16-3-15-6-8(12)13-2-14-9(6)16;4*1-4-7(5-2)6-3/h2-5,7,10,17H,1H2,(H,21,22)(H,23,24)(H2,12,13,14)(H2,18,19,20);4*4-6H2,1-3H3/t4-,5+,7-,10-;;;;/m1..../s1. The molecule has 2 aromatic heterocycles. The van der Waals surface area contributed by atoms with Gasteiger partial charge in [0, 0.05) is 0 Å². The molecule has 0 radical (unpaired) electrons. The summed E-state index contributed by atoms with van der Waals surface area (Å²) in [4.78, 5) is 56.5. The molecule has 0 aliphatic carbocycles. The van der Waals surface area contributed by atoms with Crippen molar-refractivity contribution >= 4 is 40.4 Å². The first-order chi connectivity index (χ1) is 27.6. The molecule has 3 heterocycles. The number of rotatable bonds is 20. The highest BCUT2D eigenvalue weighted by molar-refractivity contribution is 7.66. The number of hydrogen-bond donors (Lipinski definition) is 6. The summed E-state index contributed by atoms with van der Waals surface area (Å²) in [5.41, 5.74) is 5.84. The fraction of sp³-hybridized carbons (Fsp3) is 0.853. The maximum absolute atomic E-state index is 14.6. The van der Waals surface area contributed by atoms with Crippen molar-refractivity contribution in [2.45, 2.75) is 108 Å². The van der Waals surface area contributed by atoms with Gasteiger partial charge in [0.1, 0.15) is 24.1 Å². The summed E-state index contributed by atoms with van der Waals surface area (Å²) in [5, 5.41) is 10.0. The number of aliphatic hydroxyl groups excluding tert-OH is 1. The smallest absolute Gasteiger partial charge is 0.387 e. The monoisotopic (exact) mass is 913 g/mol. The molecule has 1 aliphatic heterocycles. The van der Waals surface area contributed by atoms with E-state index in [9.17, 15) is 28.1 Å². The Hall–Kier alpha value is -1.55. The summed E-state index contributed by atoms with van der Waals surface area (Å²) in [6.07, 6.45) is -4.88. The van der Waals surface area contributed by atoms with E-state index in [2.05, 4.69) is 131 Å². The van der Waals surface area contributed by atoms with Gasteiger partial charge in [0.15, 0.2) is 23.9 Å². The molecule has 2 unspecified atom stereocenters. The van der Waals surface area contributed by atoms with E-state index >= 15 is 0 Å². The Morgan fingerprint density at radius 3 is 1.41 bits per heavy atom. The van der Waals surface area contributed by atoms with Crippen molar-refractivity contribution in [1.82, 2.24) is 39.1 Å². The minimum atomic E-state index is -5.73. The van der Waals surface area contributed by atoms with E-state index in [0.29, 0.717) is 0 Å². The largest absolute Gasteiger partial charge is 0.490 e. The molecule has 3 rings (SSSR count). The van der Waals surface area contributed by atoms with Crippen LogP contribution in [0.4, 0.5) is 10.2 Å². The Labute approximate surface area is 350 Å². The molecule has 6 atom stereocenters. The summed E-state index contributed by atoms with van der Waals surface area (Å²) in [5.74, 6) is 0.00177. The molecule has 0 bridgehead atoms. The number of fused-ring (bicyclic) bond motifs is 1. The van der Waals surface area contributed by atoms with Crippen LogP contribution in [-0.4, -0.2) is 167 Å². The predicted molar refractivity (Wildman–Crippen MR) is 228 cm³/mol. The van der Waals surface area contributed by atoms with Gasteiger partial charge in [-0.1, -0.05) is 83.1 Å². The van der Waals surface area contributed by atoms with Crippen LogP contribution in [0.1, 0.15) is 89.3 Å². The number of nitrogens with two attached hydrogens (primary N) is 1. The molecule has 7 N–H and O–H groups in total. The second kappa shape index (κ2) is 31.3. The molecule has 59 heavy (non-hydrogen) atoms. The van der Waals surface area contributed by atoms with Crippen LogP contribution in [0.25, 0.3) is 11.2 Å². The highest BCUT2D eigenvalue weighted by Gasteiger charge is 2.48. The van der Waals surface area contributed by atoms with Crippen LogP contribution in [0, 0.1) is 0 Å². The van der Waals surface area contributed by atoms with E-state index in [4.69, 9.17) is 25.2 Å².